The summed E-state index contributed by atoms with van der Waals surface area (Å²) >= 11 is 0. The Morgan fingerprint density at radius 1 is 0.682 bits per heavy atom. The Morgan fingerprint density at radius 2 is 1.05 bits per heavy atom. The molecule has 0 amide bonds. The highest BCUT2D eigenvalue weighted by Gasteiger charge is 2.12. The molecule has 0 atom stereocenters. The monoisotopic (exact) mass is 298 g/mol. The number of anilines is 2. The van der Waals surface area contributed by atoms with E-state index in [0.29, 0.717) is 0 Å². The molecule has 2 heterocycles. The Kier molecular flexibility index (Phi) is 4.40. The highest BCUT2D eigenvalue weighted by molar-refractivity contribution is 5.64. The van der Waals surface area contributed by atoms with E-state index in [1.165, 1.54) is 0 Å². The van der Waals surface area contributed by atoms with Crippen LogP contribution in [0.15, 0.2) is 36.7 Å². The lowest BCUT2D eigenvalue weighted by atomic mass is 10.1. The molecule has 0 radical (unpaired) electrons. The largest absolute Gasteiger partial charge is 0.380 e. The maximum atomic E-state index is 4.45. The van der Waals surface area contributed by atoms with Crippen molar-refractivity contribution in [1.29, 1.82) is 0 Å². The Bertz CT molecular complexity index is 579. The molecule has 22 heavy (non-hydrogen) atoms. The molecule has 0 unspecified atom stereocenters. The van der Waals surface area contributed by atoms with Gasteiger partial charge in [-0.25, -0.2) is 0 Å². The van der Waals surface area contributed by atoms with E-state index in [2.05, 4.69) is 62.1 Å². The summed E-state index contributed by atoms with van der Waals surface area (Å²) < 4.78 is 0. The average Bonchev–Trinajstić information content (AvgIpc) is 2.35. The number of hydrogen-bond donors (Lipinski definition) is 2. The molecule has 0 bridgehead atoms. The quantitative estimate of drug-likeness (QED) is 0.872. The van der Waals surface area contributed by atoms with Crippen molar-refractivity contribution in [3.05, 3.63) is 36.7 Å². The average molecular weight is 298 g/mol. The minimum atomic E-state index is 0.0156. The fraction of sp³-hybridized carbons (Fsp3) is 0.444. The number of nitrogens with one attached hydrogen (secondary N) is 2. The van der Waals surface area contributed by atoms with Crippen molar-refractivity contribution in [1.82, 2.24) is 9.97 Å². The van der Waals surface area contributed by atoms with Crippen molar-refractivity contribution >= 4 is 11.4 Å². The summed E-state index contributed by atoms with van der Waals surface area (Å²) in [7, 11) is 0. The Morgan fingerprint density at radius 3 is 1.36 bits per heavy atom. The van der Waals surface area contributed by atoms with Gasteiger partial charge < -0.3 is 10.6 Å². The SMILES string of the molecule is CC(C)(C)Nc1ccnc(-c2cc(NC(C)(C)C)ccn2)c1. The van der Waals surface area contributed by atoms with Crippen LogP contribution in [0.4, 0.5) is 11.4 Å². The van der Waals surface area contributed by atoms with E-state index >= 15 is 0 Å². The first-order valence-corrected chi connectivity index (χ1v) is 7.61. The van der Waals surface area contributed by atoms with Crippen LogP contribution in [-0.2, 0) is 0 Å². The molecule has 0 aromatic carbocycles. The zero-order valence-electron chi connectivity index (χ0n) is 14.4. The molecule has 0 saturated heterocycles. The normalized spacial score (nSPS) is 12.1. The van der Waals surface area contributed by atoms with Crippen LogP contribution in [0.25, 0.3) is 11.4 Å². The second-order valence-corrected chi connectivity index (χ2v) is 7.61. The molecule has 2 N–H and O–H groups in total. The maximum absolute atomic E-state index is 4.45. The van der Waals surface area contributed by atoms with E-state index < -0.39 is 0 Å². The third kappa shape index (κ3) is 5.02. The molecular formula is C18H26N4. The standard InChI is InChI=1S/C18H26N4/c1-17(2,3)21-13-7-9-19-15(11-13)16-12-14(8-10-20-16)22-18(4,5)6/h7-12H,1-6H3,(H,19,21)(H,20,22). The molecule has 0 aliphatic rings. The van der Waals surface area contributed by atoms with Gasteiger partial charge in [0.15, 0.2) is 0 Å². The lowest BCUT2D eigenvalue weighted by Crippen LogP contribution is -2.26. The van der Waals surface area contributed by atoms with Crippen LogP contribution in [0, 0.1) is 0 Å². The van der Waals surface area contributed by atoms with Crippen LogP contribution >= 0.6 is 0 Å². The van der Waals surface area contributed by atoms with Gasteiger partial charge in [-0.2, -0.15) is 0 Å². The molecule has 2 aromatic rings. The minimum Gasteiger partial charge on any atom is -0.380 e. The minimum absolute atomic E-state index is 0.0156. The number of hydrogen-bond acceptors (Lipinski definition) is 4. The molecule has 0 spiro atoms. The van der Waals surface area contributed by atoms with Crippen molar-refractivity contribution < 1.29 is 0 Å². The van der Waals surface area contributed by atoms with Crippen LogP contribution in [0.5, 0.6) is 0 Å². The van der Waals surface area contributed by atoms with Gasteiger partial charge in [-0.15, -0.1) is 0 Å². The molecule has 0 aliphatic heterocycles. The van der Waals surface area contributed by atoms with Crippen LogP contribution in [0.2, 0.25) is 0 Å². The van der Waals surface area contributed by atoms with Gasteiger partial charge >= 0.3 is 0 Å². The summed E-state index contributed by atoms with van der Waals surface area (Å²) in [6.07, 6.45) is 3.63. The molecule has 0 aliphatic carbocycles. The zero-order chi connectivity index (χ0) is 16.4. The van der Waals surface area contributed by atoms with Gasteiger partial charge in [-0.3, -0.25) is 9.97 Å². The zero-order valence-corrected chi connectivity index (χ0v) is 14.4. The summed E-state index contributed by atoms with van der Waals surface area (Å²) in [5.74, 6) is 0. The Balaban J connectivity index is 2.28. The second-order valence-electron chi connectivity index (χ2n) is 7.61. The van der Waals surface area contributed by atoms with Crippen molar-refractivity contribution in [3.63, 3.8) is 0 Å². The summed E-state index contributed by atoms with van der Waals surface area (Å²) in [5.41, 5.74) is 3.87. The van der Waals surface area contributed by atoms with E-state index in [1.54, 1.807) is 0 Å². The molecule has 2 rings (SSSR count). The lowest BCUT2D eigenvalue weighted by molar-refractivity contribution is 0.633. The van der Waals surface area contributed by atoms with E-state index in [0.717, 1.165) is 22.8 Å². The molecule has 118 valence electrons. The van der Waals surface area contributed by atoms with Crippen LogP contribution in [-0.4, -0.2) is 21.0 Å². The van der Waals surface area contributed by atoms with Crippen molar-refractivity contribution in [2.75, 3.05) is 10.6 Å². The second kappa shape index (κ2) is 5.95. The van der Waals surface area contributed by atoms with Crippen LogP contribution in [0.3, 0.4) is 0 Å². The summed E-state index contributed by atoms with van der Waals surface area (Å²) in [4.78, 5) is 8.89. The van der Waals surface area contributed by atoms with Gasteiger partial charge in [0.2, 0.25) is 0 Å². The van der Waals surface area contributed by atoms with E-state index in [4.69, 9.17) is 0 Å². The van der Waals surface area contributed by atoms with Gasteiger partial charge in [-0.1, -0.05) is 0 Å². The number of rotatable bonds is 3. The maximum Gasteiger partial charge on any atom is 0.0907 e. The highest BCUT2D eigenvalue weighted by atomic mass is 15.0. The number of aromatic nitrogens is 2. The predicted octanol–water partition coefficient (Wildman–Crippen LogP) is 4.56. The first-order valence-electron chi connectivity index (χ1n) is 7.61. The Hall–Kier alpha value is -2.10. The topological polar surface area (TPSA) is 49.8 Å². The van der Waals surface area contributed by atoms with Crippen molar-refractivity contribution in [3.8, 4) is 11.4 Å². The van der Waals surface area contributed by atoms with Gasteiger partial charge in [0.05, 0.1) is 11.4 Å². The van der Waals surface area contributed by atoms with Gasteiger partial charge in [-0.05, 0) is 65.8 Å². The summed E-state index contributed by atoms with van der Waals surface area (Å²) in [6.45, 7) is 12.8. The fourth-order valence-corrected chi connectivity index (χ4v) is 2.16. The smallest absolute Gasteiger partial charge is 0.0907 e. The van der Waals surface area contributed by atoms with Crippen molar-refractivity contribution in [2.45, 2.75) is 52.6 Å². The summed E-state index contributed by atoms with van der Waals surface area (Å²) in [6, 6.07) is 8.03. The predicted molar refractivity (Wildman–Crippen MR) is 94.2 cm³/mol. The van der Waals surface area contributed by atoms with Gasteiger partial charge in [0.25, 0.3) is 0 Å². The third-order valence-corrected chi connectivity index (χ3v) is 2.82. The van der Waals surface area contributed by atoms with Crippen LogP contribution < -0.4 is 10.6 Å². The molecule has 2 aromatic heterocycles. The molecule has 0 saturated carbocycles. The molecule has 4 nitrogen and oxygen atoms in total. The first-order chi connectivity index (χ1) is 10.1. The number of pyridine rings is 2. The first kappa shape index (κ1) is 16.3. The fourth-order valence-electron chi connectivity index (χ4n) is 2.16. The van der Waals surface area contributed by atoms with Gasteiger partial charge in [0.1, 0.15) is 0 Å². The number of nitrogens with zero attached hydrogens (tertiary/aromatic N) is 2. The lowest BCUT2D eigenvalue weighted by Gasteiger charge is -2.23. The molecular weight excluding hydrogens is 272 g/mol. The van der Waals surface area contributed by atoms with E-state index in [9.17, 15) is 0 Å². The Labute approximate surface area is 133 Å². The summed E-state index contributed by atoms with van der Waals surface area (Å²) in [5, 5.41) is 6.92. The molecule has 0 fully saturated rings. The van der Waals surface area contributed by atoms with Gasteiger partial charge in [0, 0.05) is 34.8 Å². The van der Waals surface area contributed by atoms with Crippen molar-refractivity contribution in [2.24, 2.45) is 0 Å². The van der Waals surface area contributed by atoms with Crippen LogP contribution in [0.1, 0.15) is 41.5 Å². The van der Waals surface area contributed by atoms with E-state index in [-0.39, 0.29) is 11.1 Å². The third-order valence-electron chi connectivity index (χ3n) is 2.82. The highest BCUT2D eigenvalue weighted by Crippen LogP contribution is 2.23. The molecule has 4 heteroatoms. The van der Waals surface area contributed by atoms with E-state index in [1.807, 2.05) is 36.7 Å².